The number of nitro groups is 1. The van der Waals surface area contributed by atoms with Crippen LogP contribution in [0.3, 0.4) is 0 Å². The molecular formula is C29H34N4O9. The van der Waals surface area contributed by atoms with Crippen LogP contribution in [0.4, 0.5) is 5.69 Å². The molecular weight excluding hydrogens is 548 g/mol. The number of hydrogen-bond donors (Lipinski definition) is 5. The Hall–Kier alpha value is -4.59. The zero-order valence-electron chi connectivity index (χ0n) is 23.5. The third-order valence-electron chi connectivity index (χ3n) is 6.37. The van der Waals surface area contributed by atoms with E-state index < -0.39 is 28.5 Å². The molecule has 3 aromatic rings. The van der Waals surface area contributed by atoms with E-state index in [4.69, 9.17) is 9.47 Å². The quantitative estimate of drug-likeness (QED) is 0.0943. The van der Waals surface area contributed by atoms with Gasteiger partial charge in [-0.05, 0) is 31.5 Å². The topological polar surface area (TPSA) is 193 Å². The van der Waals surface area contributed by atoms with Gasteiger partial charge in [0.15, 0.2) is 11.5 Å². The van der Waals surface area contributed by atoms with Crippen LogP contribution < -0.4 is 20.1 Å². The average molecular weight is 583 g/mol. The molecule has 13 heteroatoms. The van der Waals surface area contributed by atoms with E-state index in [0.717, 1.165) is 12.3 Å². The number of nitrogens with zero attached hydrogens (tertiary/aromatic N) is 2. The Morgan fingerprint density at radius 1 is 1.10 bits per heavy atom. The lowest BCUT2D eigenvalue weighted by Gasteiger charge is -2.28. The van der Waals surface area contributed by atoms with Crippen molar-refractivity contribution in [2.45, 2.75) is 31.9 Å². The second-order valence-electron chi connectivity index (χ2n) is 10.1. The smallest absolute Gasteiger partial charge is 0.338 e. The molecule has 0 amide bonds. The van der Waals surface area contributed by atoms with E-state index in [9.17, 15) is 35.0 Å². The van der Waals surface area contributed by atoms with E-state index in [1.807, 2.05) is 19.9 Å². The van der Waals surface area contributed by atoms with Gasteiger partial charge in [-0.15, -0.1) is 0 Å². The van der Waals surface area contributed by atoms with Crippen molar-refractivity contribution in [1.82, 2.24) is 15.6 Å². The first-order valence-electron chi connectivity index (χ1n) is 13.1. The molecule has 0 saturated heterocycles. The Morgan fingerprint density at radius 3 is 2.45 bits per heavy atom. The second-order valence-corrected chi connectivity index (χ2v) is 10.1. The summed E-state index contributed by atoms with van der Waals surface area (Å²) in [5.74, 6) is -1.70. The van der Waals surface area contributed by atoms with Gasteiger partial charge in [-0.2, -0.15) is 0 Å². The molecule has 13 nitrogen and oxygen atoms in total. The van der Waals surface area contributed by atoms with E-state index in [-0.39, 0.29) is 53.2 Å². The molecule has 2 aromatic carbocycles. The summed E-state index contributed by atoms with van der Waals surface area (Å²) in [5, 5.41) is 47.8. The van der Waals surface area contributed by atoms with E-state index >= 15 is 0 Å². The average Bonchev–Trinajstić information content (AvgIpc) is 2.96. The number of nitro benzene ring substituents is 1. The Balaban J connectivity index is 1.63. The maximum atomic E-state index is 12.3. The predicted octanol–water partition coefficient (Wildman–Crippen LogP) is 3.00. The molecule has 0 radical (unpaired) electrons. The van der Waals surface area contributed by atoms with Crippen molar-refractivity contribution >= 4 is 17.6 Å². The molecule has 0 aliphatic heterocycles. The van der Waals surface area contributed by atoms with Crippen LogP contribution >= 0.6 is 0 Å². The lowest BCUT2D eigenvalue weighted by molar-refractivity contribution is -0.384. The minimum absolute atomic E-state index is 0.0553. The molecule has 0 aliphatic carbocycles. The van der Waals surface area contributed by atoms with Gasteiger partial charge in [0.25, 0.3) is 5.69 Å². The number of benzene rings is 2. The number of para-hydroxylation sites is 2. The molecule has 1 heterocycles. The maximum absolute atomic E-state index is 12.3. The third kappa shape index (κ3) is 8.46. The Kier molecular flexibility index (Phi) is 10.9. The zero-order chi connectivity index (χ0) is 30.9. The number of non-ortho nitro benzene ring substituents is 1. The summed E-state index contributed by atoms with van der Waals surface area (Å²) < 4.78 is 10.9. The molecule has 1 unspecified atom stereocenters. The Morgan fingerprint density at radius 2 is 1.81 bits per heavy atom. The van der Waals surface area contributed by atoms with Crippen LogP contribution in [-0.2, 0) is 6.42 Å². The Bertz CT molecular complexity index is 1430. The number of carbonyl (C=O) groups is 2. The van der Waals surface area contributed by atoms with Gasteiger partial charge in [0.05, 0.1) is 28.9 Å². The second kappa shape index (κ2) is 14.3. The number of nitrogens with one attached hydrogen (secondary N) is 2. The minimum atomic E-state index is -1.40. The summed E-state index contributed by atoms with van der Waals surface area (Å²) in [6, 6.07) is 12.3. The number of aromatic carboxylic acids is 2. The highest BCUT2D eigenvalue weighted by Gasteiger charge is 2.26. The lowest BCUT2D eigenvalue weighted by atomic mass is 9.93. The molecule has 1 aromatic heterocycles. The molecule has 0 spiro atoms. The largest absolute Gasteiger partial charge is 0.493 e. The monoisotopic (exact) mass is 582 g/mol. The summed E-state index contributed by atoms with van der Waals surface area (Å²) in [4.78, 5) is 38.9. The van der Waals surface area contributed by atoms with E-state index in [0.29, 0.717) is 24.6 Å². The highest BCUT2D eigenvalue weighted by Crippen LogP contribution is 2.32. The van der Waals surface area contributed by atoms with Crippen LogP contribution in [0.2, 0.25) is 0 Å². The van der Waals surface area contributed by atoms with Crippen LogP contribution in [0.25, 0.3) is 11.1 Å². The van der Waals surface area contributed by atoms with Gasteiger partial charge in [0.1, 0.15) is 12.7 Å². The van der Waals surface area contributed by atoms with Crippen molar-refractivity contribution in [2.24, 2.45) is 0 Å². The number of aliphatic hydroxyl groups is 1. The van der Waals surface area contributed by atoms with Crippen molar-refractivity contribution in [3.8, 4) is 22.6 Å². The fraction of sp³-hybridized carbons (Fsp3) is 0.345. The molecule has 224 valence electrons. The number of hydrogen-bond acceptors (Lipinski definition) is 10. The number of aromatic nitrogens is 1. The number of carboxylic acid groups (broad SMARTS) is 2. The molecule has 5 N–H and O–H groups in total. The van der Waals surface area contributed by atoms with Gasteiger partial charge in [0, 0.05) is 55.5 Å². The predicted molar refractivity (Wildman–Crippen MR) is 153 cm³/mol. The van der Waals surface area contributed by atoms with Crippen LogP contribution in [-0.4, -0.2) is 82.2 Å². The van der Waals surface area contributed by atoms with Crippen LogP contribution in [0.5, 0.6) is 11.5 Å². The van der Waals surface area contributed by atoms with Crippen LogP contribution in [0.15, 0.2) is 54.7 Å². The third-order valence-corrected chi connectivity index (χ3v) is 6.37. The molecule has 0 fully saturated rings. The fourth-order valence-corrected chi connectivity index (χ4v) is 4.25. The first-order valence-corrected chi connectivity index (χ1v) is 13.1. The molecule has 3 rings (SSSR count). The summed E-state index contributed by atoms with van der Waals surface area (Å²) in [5.41, 5.74) is -1.38. The van der Waals surface area contributed by atoms with Gasteiger partial charge in [0.2, 0.25) is 0 Å². The van der Waals surface area contributed by atoms with Gasteiger partial charge in [-0.3, -0.25) is 15.1 Å². The molecule has 0 bridgehead atoms. The first kappa shape index (κ1) is 31.9. The summed E-state index contributed by atoms with van der Waals surface area (Å²) in [6.07, 6.45) is 0.421. The maximum Gasteiger partial charge on any atom is 0.338 e. The highest BCUT2D eigenvalue weighted by molar-refractivity contribution is 6.05. The number of β-amino-alcohol motifs (C(OH)–C–C–N with tert-alkyl or cyclic N) is 1. The van der Waals surface area contributed by atoms with Crippen LogP contribution in [0, 0.1) is 10.1 Å². The van der Waals surface area contributed by atoms with Gasteiger partial charge in [-0.25, -0.2) is 9.59 Å². The molecule has 0 aliphatic rings. The van der Waals surface area contributed by atoms with Crippen molar-refractivity contribution < 1.29 is 39.3 Å². The minimum Gasteiger partial charge on any atom is -0.493 e. The van der Waals surface area contributed by atoms with E-state index in [2.05, 4.69) is 15.6 Å². The molecule has 1 atom stereocenters. The normalized spacial score (nSPS) is 12.0. The fourth-order valence-electron chi connectivity index (χ4n) is 4.25. The number of ether oxygens (including phenoxy) is 2. The van der Waals surface area contributed by atoms with Crippen LogP contribution in [0.1, 0.15) is 40.3 Å². The zero-order valence-corrected chi connectivity index (χ0v) is 23.5. The molecule has 0 saturated carbocycles. The number of pyridine rings is 1. The summed E-state index contributed by atoms with van der Waals surface area (Å²) in [6.45, 7) is 4.91. The standard InChI is InChI=1S/C29H34N4O9/c1-29(2,32-14-20(34)16-42-24-10-5-4-9-23(24)41-3)17-30-12-11-22-26(28(37)38)25(21(15-31-22)27(35)36)18-7-6-8-19(13-18)33(39)40/h4-10,13,15,20,30,32,34H,11-12,14,16-17H2,1-3H3,(H,35,36)(H,37,38). The number of aliphatic hydroxyl groups excluding tert-OH is 1. The van der Waals surface area contributed by atoms with Crippen molar-refractivity contribution in [1.29, 1.82) is 0 Å². The number of methoxy groups -OCH3 is 1. The Labute approximate surface area is 242 Å². The molecule has 42 heavy (non-hydrogen) atoms. The highest BCUT2D eigenvalue weighted by atomic mass is 16.6. The summed E-state index contributed by atoms with van der Waals surface area (Å²) in [7, 11) is 1.54. The summed E-state index contributed by atoms with van der Waals surface area (Å²) >= 11 is 0. The lowest BCUT2D eigenvalue weighted by Crippen LogP contribution is -2.51. The number of rotatable bonds is 16. The van der Waals surface area contributed by atoms with Gasteiger partial charge in [-0.1, -0.05) is 24.3 Å². The van der Waals surface area contributed by atoms with E-state index in [1.165, 1.54) is 25.3 Å². The SMILES string of the molecule is COc1ccccc1OCC(O)CNC(C)(C)CNCCc1ncc(C(=O)O)c(-c2cccc([N+](=O)[O-])c2)c1C(=O)O. The van der Waals surface area contributed by atoms with Crippen molar-refractivity contribution in [3.05, 3.63) is 81.7 Å². The van der Waals surface area contributed by atoms with Crippen molar-refractivity contribution in [2.75, 3.05) is 33.4 Å². The van der Waals surface area contributed by atoms with E-state index in [1.54, 1.807) is 18.2 Å². The van der Waals surface area contributed by atoms with Gasteiger partial charge < -0.3 is 35.4 Å². The number of carboxylic acids is 2. The first-order chi connectivity index (χ1) is 19.9. The van der Waals surface area contributed by atoms with Gasteiger partial charge >= 0.3 is 11.9 Å². The van der Waals surface area contributed by atoms with Crippen molar-refractivity contribution in [3.63, 3.8) is 0 Å².